The number of nitrogens with one attached hydrogen (secondary N) is 1. The highest BCUT2D eigenvalue weighted by Gasteiger charge is 2.39. The van der Waals surface area contributed by atoms with Crippen molar-refractivity contribution >= 4 is 5.91 Å². The lowest BCUT2D eigenvalue weighted by molar-refractivity contribution is -0.129. The number of benzene rings is 1. The van der Waals surface area contributed by atoms with Gasteiger partial charge in [0.25, 0.3) is 0 Å². The molecule has 1 aliphatic rings. The molecule has 2 rings (SSSR count). The normalized spacial score (nSPS) is 27.2. The summed E-state index contributed by atoms with van der Waals surface area (Å²) in [7, 11) is 0. The van der Waals surface area contributed by atoms with E-state index in [9.17, 15) is 4.79 Å². The van der Waals surface area contributed by atoms with Crippen LogP contribution in [-0.2, 0) is 10.2 Å². The van der Waals surface area contributed by atoms with Gasteiger partial charge in [-0.25, -0.2) is 0 Å². The van der Waals surface area contributed by atoms with Crippen molar-refractivity contribution in [2.24, 2.45) is 11.7 Å². The van der Waals surface area contributed by atoms with E-state index in [0.717, 1.165) is 25.7 Å². The molecule has 22 heavy (non-hydrogen) atoms. The van der Waals surface area contributed by atoms with Gasteiger partial charge >= 0.3 is 0 Å². The fourth-order valence-electron chi connectivity index (χ4n) is 3.40. The minimum Gasteiger partial charge on any atom is -0.352 e. The van der Waals surface area contributed by atoms with E-state index in [1.807, 2.05) is 25.1 Å². The summed E-state index contributed by atoms with van der Waals surface area (Å²) in [5.41, 5.74) is 7.11. The fraction of sp³-hybridized carbons (Fsp3) is 0.632. The summed E-state index contributed by atoms with van der Waals surface area (Å²) in [4.78, 5) is 12.7. The SMILES string of the molecule is CC(NC(=O)C1CCCCC1(C)N)C(C)(C)c1ccccc1. The Hall–Kier alpha value is -1.35. The van der Waals surface area contributed by atoms with Gasteiger partial charge in [0.05, 0.1) is 5.92 Å². The Morgan fingerprint density at radius 3 is 2.55 bits per heavy atom. The zero-order chi connectivity index (χ0) is 16.4. The smallest absolute Gasteiger partial charge is 0.225 e. The molecule has 1 aliphatic carbocycles. The van der Waals surface area contributed by atoms with Gasteiger partial charge in [0.1, 0.15) is 0 Å². The van der Waals surface area contributed by atoms with Crippen molar-refractivity contribution < 1.29 is 4.79 Å². The molecule has 0 aromatic heterocycles. The third-order valence-corrected chi connectivity index (χ3v) is 5.53. The highest BCUT2D eigenvalue weighted by Crippen LogP contribution is 2.33. The van der Waals surface area contributed by atoms with E-state index in [4.69, 9.17) is 5.73 Å². The molecule has 1 fully saturated rings. The van der Waals surface area contributed by atoms with Crippen molar-refractivity contribution in [2.75, 3.05) is 0 Å². The van der Waals surface area contributed by atoms with Crippen LogP contribution in [0.2, 0.25) is 0 Å². The molecule has 0 radical (unpaired) electrons. The Kier molecular flexibility index (Phi) is 4.96. The Balaban J connectivity index is 2.07. The lowest BCUT2D eigenvalue weighted by atomic mass is 9.73. The lowest BCUT2D eigenvalue weighted by Crippen LogP contribution is -2.56. The van der Waals surface area contributed by atoms with Crippen molar-refractivity contribution in [1.29, 1.82) is 0 Å². The van der Waals surface area contributed by atoms with Gasteiger partial charge in [-0.05, 0) is 32.3 Å². The summed E-state index contributed by atoms with van der Waals surface area (Å²) in [6.45, 7) is 8.45. The van der Waals surface area contributed by atoms with Crippen LogP contribution in [0.3, 0.4) is 0 Å². The maximum absolute atomic E-state index is 12.7. The first-order valence-electron chi connectivity index (χ1n) is 8.40. The zero-order valence-electron chi connectivity index (χ0n) is 14.4. The number of rotatable bonds is 4. The standard InChI is InChI=1S/C19H30N2O/c1-14(18(2,3)15-10-6-5-7-11-15)21-17(22)16-12-8-9-13-19(16,4)20/h5-7,10-11,14,16H,8-9,12-13,20H2,1-4H3,(H,21,22). The Bertz CT molecular complexity index is 507. The van der Waals surface area contributed by atoms with Crippen molar-refractivity contribution in [3.8, 4) is 0 Å². The number of carbonyl (C=O) groups is 1. The van der Waals surface area contributed by atoms with Crippen LogP contribution in [0.4, 0.5) is 0 Å². The average Bonchev–Trinajstić information content (AvgIpc) is 2.47. The summed E-state index contributed by atoms with van der Waals surface area (Å²) < 4.78 is 0. The molecular formula is C19H30N2O. The largest absolute Gasteiger partial charge is 0.352 e. The molecule has 0 heterocycles. The Morgan fingerprint density at radius 2 is 1.95 bits per heavy atom. The van der Waals surface area contributed by atoms with Crippen molar-refractivity contribution in [3.05, 3.63) is 35.9 Å². The minimum absolute atomic E-state index is 0.0557. The molecule has 1 aromatic rings. The van der Waals surface area contributed by atoms with Gasteiger partial charge in [0, 0.05) is 17.0 Å². The lowest BCUT2D eigenvalue weighted by Gasteiger charge is -2.40. The molecular weight excluding hydrogens is 272 g/mol. The molecule has 122 valence electrons. The van der Waals surface area contributed by atoms with Crippen LogP contribution in [-0.4, -0.2) is 17.5 Å². The predicted octanol–water partition coefficient (Wildman–Crippen LogP) is 3.38. The molecule has 3 nitrogen and oxygen atoms in total. The molecule has 0 spiro atoms. The molecule has 1 amide bonds. The monoisotopic (exact) mass is 302 g/mol. The first kappa shape index (κ1) is 17.0. The van der Waals surface area contributed by atoms with E-state index in [0.29, 0.717) is 0 Å². The minimum atomic E-state index is -0.376. The second-order valence-electron chi connectivity index (χ2n) is 7.62. The van der Waals surface area contributed by atoms with E-state index in [1.165, 1.54) is 5.56 Å². The van der Waals surface area contributed by atoms with Gasteiger partial charge in [0.15, 0.2) is 0 Å². The van der Waals surface area contributed by atoms with Crippen molar-refractivity contribution in [3.63, 3.8) is 0 Å². The molecule has 1 saturated carbocycles. The maximum atomic E-state index is 12.7. The van der Waals surface area contributed by atoms with E-state index in [1.54, 1.807) is 0 Å². The summed E-state index contributed by atoms with van der Waals surface area (Å²) in [6.07, 6.45) is 4.06. The fourth-order valence-corrected chi connectivity index (χ4v) is 3.40. The topological polar surface area (TPSA) is 55.1 Å². The van der Waals surface area contributed by atoms with E-state index < -0.39 is 0 Å². The van der Waals surface area contributed by atoms with Gasteiger partial charge in [0.2, 0.25) is 5.91 Å². The van der Waals surface area contributed by atoms with Crippen LogP contribution >= 0.6 is 0 Å². The van der Waals surface area contributed by atoms with E-state index in [2.05, 4.69) is 38.2 Å². The van der Waals surface area contributed by atoms with Crippen LogP contribution in [0, 0.1) is 5.92 Å². The van der Waals surface area contributed by atoms with Crippen molar-refractivity contribution in [2.45, 2.75) is 70.4 Å². The Morgan fingerprint density at radius 1 is 1.32 bits per heavy atom. The van der Waals surface area contributed by atoms with Crippen LogP contribution < -0.4 is 11.1 Å². The first-order chi connectivity index (χ1) is 10.2. The molecule has 0 aliphatic heterocycles. The van der Waals surface area contributed by atoms with Gasteiger partial charge in [-0.1, -0.05) is 57.0 Å². The first-order valence-corrected chi connectivity index (χ1v) is 8.40. The van der Waals surface area contributed by atoms with Gasteiger partial charge < -0.3 is 11.1 Å². The number of hydrogen-bond acceptors (Lipinski definition) is 2. The van der Waals surface area contributed by atoms with Gasteiger partial charge in [-0.3, -0.25) is 4.79 Å². The summed E-state index contributed by atoms with van der Waals surface area (Å²) in [5, 5.41) is 3.23. The van der Waals surface area contributed by atoms with Crippen molar-refractivity contribution in [1.82, 2.24) is 5.32 Å². The molecule has 3 N–H and O–H groups in total. The van der Waals surface area contributed by atoms with Gasteiger partial charge in [-0.2, -0.15) is 0 Å². The molecule has 3 unspecified atom stereocenters. The zero-order valence-corrected chi connectivity index (χ0v) is 14.4. The second kappa shape index (κ2) is 6.41. The number of carbonyl (C=O) groups excluding carboxylic acids is 1. The molecule has 0 saturated heterocycles. The number of nitrogens with two attached hydrogens (primary N) is 1. The number of amides is 1. The third-order valence-electron chi connectivity index (χ3n) is 5.53. The summed E-state index contributed by atoms with van der Waals surface area (Å²) in [6, 6.07) is 10.4. The van der Waals surface area contributed by atoms with Crippen LogP contribution in [0.25, 0.3) is 0 Å². The molecule has 1 aromatic carbocycles. The van der Waals surface area contributed by atoms with E-state index >= 15 is 0 Å². The highest BCUT2D eigenvalue weighted by molar-refractivity contribution is 5.80. The quantitative estimate of drug-likeness (QED) is 0.896. The van der Waals surface area contributed by atoms with Crippen LogP contribution in [0.15, 0.2) is 30.3 Å². The number of hydrogen-bond donors (Lipinski definition) is 2. The van der Waals surface area contributed by atoms with E-state index in [-0.39, 0.29) is 28.8 Å². The molecule has 3 atom stereocenters. The van der Waals surface area contributed by atoms with Crippen LogP contribution in [0.1, 0.15) is 58.9 Å². The summed E-state index contributed by atoms with van der Waals surface area (Å²) >= 11 is 0. The average molecular weight is 302 g/mol. The van der Waals surface area contributed by atoms with Crippen LogP contribution in [0.5, 0.6) is 0 Å². The molecule has 0 bridgehead atoms. The van der Waals surface area contributed by atoms with Gasteiger partial charge in [-0.15, -0.1) is 0 Å². The maximum Gasteiger partial charge on any atom is 0.225 e. The predicted molar refractivity (Wildman–Crippen MR) is 91.6 cm³/mol. The molecule has 3 heteroatoms. The second-order valence-corrected chi connectivity index (χ2v) is 7.62. The summed E-state index contributed by atoms with van der Waals surface area (Å²) in [5.74, 6) is 0.0384. The Labute approximate surface area is 134 Å². The third kappa shape index (κ3) is 3.52. The highest BCUT2D eigenvalue weighted by atomic mass is 16.2.